The highest BCUT2D eigenvalue weighted by atomic mass is 19.1. The lowest BCUT2D eigenvalue weighted by molar-refractivity contribution is 0.176. The Balaban J connectivity index is 1.39. The third kappa shape index (κ3) is 4.93. The van der Waals surface area contributed by atoms with Gasteiger partial charge in [0.25, 0.3) is 0 Å². The minimum Gasteiger partial charge on any atom is -0.356 e. The van der Waals surface area contributed by atoms with Crippen LogP contribution in [0, 0.1) is 11.7 Å². The predicted octanol–water partition coefficient (Wildman–Crippen LogP) is 2.37. The van der Waals surface area contributed by atoms with Crippen LogP contribution in [0.2, 0.25) is 0 Å². The molecule has 5 heteroatoms. The summed E-state index contributed by atoms with van der Waals surface area (Å²) < 4.78 is 13.7. The quantitative estimate of drug-likeness (QED) is 0.647. The summed E-state index contributed by atoms with van der Waals surface area (Å²) in [6.45, 7) is 3.77. The van der Waals surface area contributed by atoms with Gasteiger partial charge in [-0.2, -0.15) is 0 Å². The van der Waals surface area contributed by atoms with E-state index in [9.17, 15) is 4.39 Å². The Morgan fingerprint density at radius 3 is 2.61 bits per heavy atom. The van der Waals surface area contributed by atoms with Gasteiger partial charge < -0.3 is 10.6 Å². The Morgan fingerprint density at radius 1 is 1.22 bits per heavy atom. The molecule has 0 atom stereocenters. The van der Waals surface area contributed by atoms with Crippen LogP contribution < -0.4 is 10.6 Å². The first-order chi connectivity index (χ1) is 11.2. The predicted molar refractivity (Wildman–Crippen MR) is 91.9 cm³/mol. The third-order valence-corrected chi connectivity index (χ3v) is 4.76. The number of hydrogen-bond acceptors (Lipinski definition) is 2. The molecule has 3 rings (SSSR count). The van der Waals surface area contributed by atoms with Gasteiger partial charge in [0, 0.05) is 31.7 Å². The van der Waals surface area contributed by atoms with Crippen LogP contribution >= 0.6 is 0 Å². The lowest BCUT2D eigenvalue weighted by Gasteiger charge is -2.32. The van der Waals surface area contributed by atoms with Crippen molar-refractivity contribution in [1.29, 1.82) is 0 Å². The smallest absolute Gasteiger partial charge is 0.191 e. The molecule has 0 bridgehead atoms. The average Bonchev–Trinajstić information content (AvgIpc) is 3.39. The van der Waals surface area contributed by atoms with Gasteiger partial charge in [-0.1, -0.05) is 18.2 Å². The minimum absolute atomic E-state index is 0.0914. The fourth-order valence-electron chi connectivity index (χ4n) is 3.07. The SMILES string of the molecule is CN=C(NCC1CCN(Cc2ccccc2F)CC1)NC1CC1. The van der Waals surface area contributed by atoms with Crippen LogP contribution in [0.25, 0.3) is 0 Å². The van der Waals surface area contributed by atoms with Crippen LogP contribution in [-0.2, 0) is 6.54 Å². The fourth-order valence-corrected chi connectivity index (χ4v) is 3.07. The zero-order valence-corrected chi connectivity index (χ0v) is 13.9. The van der Waals surface area contributed by atoms with E-state index in [4.69, 9.17) is 0 Å². The van der Waals surface area contributed by atoms with E-state index in [-0.39, 0.29) is 5.82 Å². The standard InChI is InChI=1S/C18H27FN4/c1-20-18(22-16-6-7-16)21-12-14-8-10-23(11-9-14)13-15-4-2-3-5-17(15)19/h2-5,14,16H,6-13H2,1H3,(H2,20,21,22). The molecule has 0 aromatic heterocycles. The number of rotatable bonds is 5. The van der Waals surface area contributed by atoms with Gasteiger partial charge >= 0.3 is 0 Å². The zero-order valence-electron chi connectivity index (χ0n) is 13.9. The number of nitrogens with one attached hydrogen (secondary N) is 2. The summed E-state index contributed by atoms with van der Waals surface area (Å²) in [6.07, 6.45) is 4.83. The maximum atomic E-state index is 13.7. The number of benzene rings is 1. The van der Waals surface area contributed by atoms with Gasteiger partial charge in [-0.25, -0.2) is 4.39 Å². The van der Waals surface area contributed by atoms with E-state index in [0.717, 1.165) is 50.5 Å². The van der Waals surface area contributed by atoms with Crippen molar-refractivity contribution >= 4 is 5.96 Å². The molecule has 2 N–H and O–H groups in total. The molecule has 1 aliphatic carbocycles. The zero-order chi connectivity index (χ0) is 16.1. The van der Waals surface area contributed by atoms with Gasteiger partial charge in [-0.05, 0) is 50.8 Å². The second-order valence-corrected chi connectivity index (χ2v) is 6.68. The molecule has 1 heterocycles. The number of likely N-dealkylation sites (tertiary alicyclic amines) is 1. The molecule has 2 fully saturated rings. The third-order valence-electron chi connectivity index (χ3n) is 4.76. The van der Waals surface area contributed by atoms with Crippen molar-refractivity contribution in [2.24, 2.45) is 10.9 Å². The number of hydrogen-bond donors (Lipinski definition) is 2. The van der Waals surface area contributed by atoms with Gasteiger partial charge in [0.15, 0.2) is 5.96 Å². The molecule has 1 saturated carbocycles. The molecule has 1 aliphatic heterocycles. The topological polar surface area (TPSA) is 39.7 Å². The molecule has 4 nitrogen and oxygen atoms in total. The summed E-state index contributed by atoms with van der Waals surface area (Å²) >= 11 is 0. The largest absolute Gasteiger partial charge is 0.356 e. The van der Waals surface area contributed by atoms with Crippen LogP contribution in [0.4, 0.5) is 4.39 Å². The second-order valence-electron chi connectivity index (χ2n) is 6.68. The molecule has 0 amide bonds. The summed E-state index contributed by atoms with van der Waals surface area (Å²) in [5.74, 6) is 1.51. The van der Waals surface area contributed by atoms with E-state index < -0.39 is 0 Å². The lowest BCUT2D eigenvalue weighted by Crippen LogP contribution is -2.43. The summed E-state index contributed by atoms with van der Waals surface area (Å²) in [4.78, 5) is 6.63. The first kappa shape index (κ1) is 16.2. The fraction of sp³-hybridized carbons (Fsp3) is 0.611. The van der Waals surface area contributed by atoms with Crippen LogP contribution in [0.15, 0.2) is 29.3 Å². The molecule has 1 aromatic carbocycles. The summed E-state index contributed by atoms with van der Waals surface area (Å²) in [5, 5.41) is 6.86. The van der Waals surface area contributed by atoms with Crippen molar-refractivity contribution in [3.05, 3.63) is 35.6 Å². The minimum atomic E-state index is -0.0914. The van der Waals surface area contributed by atoms with E-state index in [0.29, 0.717) is 12.0 Å². The average molecular weight is 318 g/mol. The van der Waals surface area contributed by atoms with Crippen LogP contribution in [0.3, 0.4) is 0 Å². The van der Waals surface area contributed by atoms with Crippen LogP contribution in [0.5, 0.6) is 0 Å². The first-order valence-electron chi connectivity index (χ1n) is 8.67. The van der Waals surface area contributed by atoms with E-state index in [1.807, 2.05) is 19.2 Å². The van der Waals surface area contributed by atoms with E-state index >= 15 is 0 Å². The maximum absolute atomic E-state index is 13.7. The highest BCUT2D eigenvalue weighted by Gasteiger charge is 2.23. The van der Waals surface area contributed by atoms with E-state index in [1.165, 1.54) is 12.8 Å². The first-order valence-corrected chi connectivity index (χ1v) is 8.67. The number of halogens is 1. The van der Waals surface area contributed by atoms with Crippen molar-refractivity contribution < 1.29 is 4.39 Å². The Bertz CT molecular complexity index is 534. The van der Waals surface area contributed by atoms with Crippen molar-refractivity contribution in [1.82, 2.24) is 15.5 Å². The molecular weight excluding hydrogens is 291 g/mol. The molecule has 0 spiro atoms. The number of nitrogens with zero attached hydrogens (tertiary/aromatic N) is 2. The van der Waals surface area contributed by atoms with Crippen molar-refractivity contribution in [2.45, 2.75) is 38.3 Å². The molecule has 1 aromatic rings. The Kier molecular flexibility index (Phi) is 5.49. The summed E-state index contributed by atoms with van der Waals surface area (Å²) in [7, 11) is 1.83. The molecule has 126 valence electrons. The number of aliphatic imine (C=N–C) groups is 1. The van der Waals surface area contributed by atoms with Crippen molar-refractivity contribution in [2.75, 3.05) is 26.7 Å². The summed E-state index contributed by atoms with van der Waals surface area (Å²) in [6, 6.07) is 7.72. The number of piperidine rings is 1. The van der Waals surface area contributed by atoms with Crippen LogP contribution in [-0.4, -0.2) is 43.6 Å². The molecule has 1 saturated heterocycles. The monoisotopic (exact) mass is 318 g/mol. The highest BCUT2D eigenvalue weighted by Crippen LogP contribution is 2.20. The highest BCUT2D eigenvalue weighted by molar-refractivity contribution is 5.80. The second kappa shape index (κ2) is 7.77. The number of guanidine groups is 1. The normalized spacial score (nSPS) is 20.5. The Labute approximate surface area is 138 Å². The van der Waals surface area contributed by atoms with Gasteiger partial charge in [-0.15, -0.1) is 0 Å². The molecule has 2 aliphatic rings. The van der Waals surface area contributed by atoms with Gasteiger partial charge in [-0.3, -0.25) is 9.89 Å². The Morgan fingerprint density at radius 2 is 1.96 bits per heavy atom. The van der Waals surface area contributed by atoms with E-state index in [2.05, 4.69) is 20.5 Å². The van der Waals surface area contributed by atoms with Gasteiger partial charge in [0.05, 0.1) is 0 Å². The molecule has 0 unspecified atom stereocenters. The van der Waals surface area contributed by atoms with Crippen molar-refractivity contribution in [3.8, 4) is 0 Å². The van der Waals surface area contributed by atoms with Crippen LogP contribution in [0.1, 0.15) is 31.2 Å². The lowest BCUT2D eigenvalue weighted by atomic mass is 9.96. The molecule has 23 heavy (non-hydrogen) atoms. The van der Waals surface area contributed by atoms with Crippen molar-refractivity contribution in [3.63, 3.8) is 0 Å². The van der Waals surface area contributed by atoms with Gasteiger partial charge in [0.2, 0.25) is 0 Å². The van der Waals surface area contributed by atoms with E-state index in [1.54, 1.807) is 12.1 Å². The molecular formula is C18H27FN4. The molecule has 0 radical (unpaired) electrons. The maximum Gasteiger partial charge on any atom is 0.191 e. The Hall–Kier alpha value is -1.62. The summed E-state index contributed by atoms with van der Waals surface area (Å²) in [5.41, 5.74) is 0.804. The van der Waals surface area contributed by atoms with Gasteiger partial charge in [0.1, 0.15) is 5.82 Å².